The molecule has 0 saturated carbocycles. The second-order valence-electron chi connectivity index (χ2n) is 7.90. The summed E-state index contributed by atoms with van der Waals surface area (Å²) in [5.41, 5.74) is 0. The van der Waals surface area contributed by atoms with Gasteiger partial charge in [-0.15, -0.1) is 23.2 Å². The van der Waals surface area contributed by atoms with Gasteiger partial charge in [-0.1, -0.05) is 325 Å². The maximum atomic E-state index is 6.47. The summed E-state index contributed by atoms with van der Waals surface area (Å²) in [6.45, 7) is 0. The normalized spacial score (nSPS) is 17.3. The van der Waals surface area contributed by atoms with E-state index in [0.717, 1.165) is 0 Å². The van der Waals surface area contributed by atoms with Gasteiger partial charge in [0.15, 0.2) is 44.4 Å². The molecule has 0 spiro atoms. The lowest BCUT2D eigenvalue weighted by molar-refractivity contribution is 0.381. The topological polar surface area (TPSA) is 0 Å². The second-order valence-corrected chi connectivity index (χ2v) is 28.8. The Bertz CT molecular complexity index is 928. The minimum absolute atomic E-state index is 3.00. The van der Waals surface area contributed by atoms with E-state index in [9.17, 15) is 0 Å². The van der Waals surface area contributed by atoms with E-state index in [1.54, 1.807) is 0 Å². The Morgan fingerprint density at radius 1 is 0.136 bits per heavy atom. The van der Waals surface area contributed by atoms with Crippen LogP contribution < -0.4 is 0 Å². The summed E-state index contributed by atoms with van der Waals surface area (Å²) in [7, 11) is 0. The molecule has 0 aromatic heterocycles. The molecular weight excluding hydrogens is 1230 g/mol. The van der Waals surface area contributed by atoms with Crippen LogP contribution in [-0.4, -0.2) is 59.6 Å². The zero-order valence-corrected chi connectivity index (χ0v) is 41.0. The summed E-state index contributed by atoms with van der Waals surface area (Å²) in [6.07, 6.45) is 0. The Morgan fingerprint density at radius 3 is 0.318 bits per heavy atom. The SMILES string of the molecule is ClC(Cl)(Cl)C(Cl)(C(Cl)(Cl)Cl)C(Cl)(Cl)C(Cl)(Cl)C(Cl)(Cl)C(Cl)(Cl)C(Cl)(Cl)C(Cl)(Cl)C(Cl)(Cl)C(Cl)(Cl)C(Cl)(C(Cl)(Cl)Cl)C(Cl)(Cl)Cl. The van der Waals surface area contributed by atoms with E-state index in [-0.39, 0.29) is 0 Å². The van der Waals surface area contributed by atoms with Crippen LogP contribution in [0.2, 0.25) is 0 Å². The molecule has 0 aromatic carbocycles. The number of rotatable bonds is 9. The third kappa shape index (κ3) is 7.93. The first-order valence-electron chi connectivity index (χ1n) is 8.92. The van der Waals surface area contributed by atoms with E-state index in [4.69, 9.17) is 348 Å². The third-order valence-corrected chi connectivity index (χ3v) is 23.6. The van der Waals surface area contributed by atoms with E-state index >= 15 is 0 Å². The molecule has 0 N–H and O–H groups in total. The van der Waals surface area contributed by atoms with E-state index in [0.29, 0.717) is 0 Å². The first kappa shape index (κ1) is 52.7. The quantitative estimate of drug-likeness (QED) is 0.202. The Balaban J connectivity index is 7.77. The van der Waals surface area contributed by atoms with Crippen molar-refractivity contribution < 1.29 is 0 Å². The van der Waals surface area contributed by atoms with Crippen LogP contribution in [0.3, 0.4) is 0 Å². The van der Waals surface area contributed by atoms with Gasteiger partial charge >= 0.3 is 0 Å². The summed E-state index contributed by atoms with van der Waals surface area (Å²) in [6, 6.07) is 0. The minimum atomic E-state index is -3.54. The van der Waals surface area contributed by atoms with Crippen molar-refractivity contribution in [2.24, 2.45) is 0 Å². The van der Waals surface area contributed by atoms with Crippen LogP contribution in [0.25, 0.3) is 0 Å². The number of halogens is 30. The Morgan fingerprint density at radius 2 is 0.227 bits per heavy atom. The number of alkyl halides is 30. The van der Waals surface area contributed by atoms with Gasteiger partial charge in [0.1, 0.15) is 0 Å². The van der Waals surface area contributed by atoms with Crippen molar-refractivity contribution in [2.45, 2.75) is 59.6 Å². The molecule has 0 rings (SSSR count). The predicted octanol–water partition coefficient (Wildman–Crippen LogP) is 17.8. The summed E-state index contributed by atoms with van der Waals surface area (Å²) < 4.78 is -39.9. The van der Waals surface area contributed by atoms with Crippen molar-refractivity contribution in [3.05, 3.63) is 0 Å². The van der Waals surface area contributed by atoms with Crippen LogP contribution >= 0.6 is 348 Å². The molecule has 0 unspecified atom stereocenters. The fourth-order valence-corrected chi connectivity index (χ4v) is 14.8. The Labute approximate surface area is 401 Å². The molecule has 0 atom stereocenters. The van der Waals surface area contributed by atoms with Gasteiger partial charge in [0.05, 0.1) is 0 Å². The lowest BCUT2D eigenvalue weighted by atomic mass is 9.94. The lowest BCUT2D eigenvalue weighted by Crippen LogP contribution is -2.76. The highest BCUT2D eigenvalue weighted by Gasteiger charge is 2.87. The molecule has 0 radical (unpaired) electrons. The number of hydrogen-bond acceptors (Lipinski definition) is 0. The van der Waals surface area contributed by atoms with Crippen LogP contribution in [0.4, 0.5) is 0 Å². The Hall–Kier alpha value is 8.70. The molecule has 0 aliphatic heterocycles. The van der Waals surface area contributed by atoms with Crippen LogP contribution in [0.15, 0.2) is 0 Å². The van der Waals surface area contributed by atoms with Crippen molar-refractivity contribution in [1.29, 1.82) is 0 Å². The standard InChI is InChI=1S/C14Cl30/c15-1(11(33,34)35,12(36,37)38)3(17,18)5(21,22)7(25,26)9(29,30)10(31,32)8(27,28)6(23,24)4(19,20)2(16,13(39,40)41)14(42,43)44. The largest absolute Gasteiger partial charge is 0.216 e. The zero-order chi connectivity index (χ0) is 37.0. The van der Waals surface area contributed by atoms with E-state index in [1.807, 2.05) is 0 Å². The van der Waals surface area contributed by atoms with Gasteiger partial charge in [0.2, 0.25) is 15.2 Å². The average molecular weight is 1230 g/mol. The predicted molar refractivity (Wildman–Crippen MR) is 214 cm³/mol. The van der Waals surface area contributed by atoms with Gasteiger partial charge in [-0.3, -0.25) is 0 Å². The van der Waals surface area contributed by atoms with E-state index < -0.39 is 59.6 Å². The first-order chi connectivity index (χ1) is 18.2. The molecule has 0 heterocycles. The van der Waals surface area contributed by atoms with Crippen LogP contribution in [0.5, 0.6) is 0 Å². The first-order valence-corrected chi connectivity index (χ1v) is 20.3. The van der Waals surface area contributed by atoms with Crippen molar-refractivity contribution in [3.63, 3.8) is 0 Å². The van der Waals surface area contributed by atoms with Crippen molar-refractivity contribution >= 4 is 348 Å². The molecule has 0 saturated heterocycles. The van der Waals surface area contributed by atoms with Gasteiger partial charge in [-0.05, 0) is 0 Å². The molecule has 0 amide bonds. The zero-order valence-electron chi connectivity index (χ0n) is 18.3. The fraction of sp³-hybridized carbons (Fsp3) is 1.00. The van der Waals surface area contributed by atoms with Gasteiger partial charge in [-0.2, -0.15) is 0 Å². The maximum absolute atomic E-state index is 6.47. The molecule has 0 aliphatic carbocycles. The molecule has 44 heavy (non-hydrogen) atoms. The third-order valence-electron chi connectivity index (χ3n) is 5.19. The fourth-order valence-electron chi connectivity index (χ4n) is 2.65. The molecule has 0 aliphatic rings. The molecule has 0 nitrogen and oxygen atoms in total. The van der Waals surface area contributed by atoms with Crippen molar-refractivity contribution in [1.82, 2.24) is 0 Å². The molecule has 0 aromatic rings. The highest BCUT2D eigenvalue weighted by molar-refractivity contribution is 6.86. The lowest BCUT2D eigenvalue weighted by Gasteiger charge is -2.59. The monoisotopic (exact) mass is 1220 g/mol. The van der Waals surface area contributed by atoms with Crippen LogP contribution in [0.1, 0.15) is 0 Å². The van der Waals surface area contributed by atoms with Crippen molar-refractivity contribution in [2.75, 3.05) is 0 Å². The molecule has 266 valence electrons. The van der Waals surface area contributed by atoms with Crippen LogP contribution in [-0.2, 0) is 0 Å². The van der Waals surface area contributed by atoms with E-state index in [1.165, 1.54) is 0 Å². The van der Waals surface area contributed by atoms with E-state index in [2.05, 4.69) is 0 Å². The maximum Gasteiger partial charge on any atom is 0.216 e. The van der Waals surface area contributed by atoms with Gasteiger partial charge < -0.3 is 0 Å². The highest BCUT2D eigenvalue weighted by atomic mass is 35.6. The summed E-state index contributed by atoms with van der Waals surface area (Å²) >= 11 is 187. The Kier molecular flexibility index (Phi) is 18.5. The van der Waals surface area contributed by atoms with Gasteiger partial charge in [-0.25, -0.2) is 0 Å². The average Bonchev–Trinajstić information content (AvgIpc) is 2.73. The summed E-state index contributed by atoms with van der Waals surface area (Å²) in [5, 5.41) is 0. The van der Waals surface area contributed by atoms with Crippen molar-refractivity contribution in [3.8, 4) is 0 Å². The molecule has 30 heteroatoms. The molecule has 0 fully saturated rings. The number of hydrogen-bond donors (Lipinski definition) is 0. The molecular formula is C14Cl30. The minimum Gasteiger partial charge on any atom is -0.106 e. The second kappa shape index (κ2) is 15.5. The summed E-state index contributed by atoms with van der Waals surface area (Å²) in [5.74, 6) is 0. The van der Waals surface area contributed by atoms with Crippen LogP contribution in [0, 0.1) is 0 Å². The highest BCUT2D eigenvalue weighted by Crippen LogP contribution is 2.78. The van der Waals surface area contributed by atoms with Gasteiger partial charge in [0, 0.05) is 0 Å². The van der Waals surface area contributed by atoms with Gasteiger partial charge in [0.25, 0.3) is 0 Å². The summed E-state index contributed by atoms with van der Waals surface area (Å²) in [4.78, 5) is -6.46. The molecule has 0 bridgehead atoms. The smallest absolute Gasteiger partial charge is 0.106 e.